The third kappa shape index (κ3) is 6.83. The van der Waals surface area contributed by atoms with Crippen molar-refractivity contribution < 1.29 is 24.2 Å². The Hall–Kier alpha value is -1.89. The molecule has 1 aliphatic carbocycles. The molecular weight excluding hydrogens is 432 g/mol. The maximum absolute atomic E-state index is 13.8. The fraction of sp³-hybridized carbons (Fsp3) is 0.815. The Morgan fingerprint density at radius 1 is 1.12 bits per heavy atom. The van der Waals surface area contributed by atoms with Crippen molar-refractivity contribution in [3.05, 3.63) is 12.2 Å². The number of likely N-dealkylation sites (tertiary alicyclic amines) is 1. The van der Waals surface area contributed by atoms with E-state index in [-0.39, 0.29) is 48.2 Å². The molecule has 194 valence electrons. The van der Waals surface area contributed by atoms with Crippen molar-refractivity contribution >= 4 is 17.8 Å². The Labute approximate surface area is 205 Å². The van der Waals surface area contributed by atoms with Gasteiger partial charge in [0, 0.05) is 24.6 Å². The van der Waals surface area contributed by atoms with Gasteiger partial charge in [-0.15, -0.1) is 0 Å². The number of ether oxygens (including phenoxy) is 1. The minimum atomic E-state index is -0.675. The van der Waals surface area contributed by atoms with Crippen LogP contribution in [0.2, 0.25) is 0 Å². The third-order valence-corrected chi connectivity index (χ3v) is 6.80. The molecule has 1 saturated heterocycles. The van der Waals surface area contributed by atoms with Gasteiger partial charge in [0.25, 0.3) is 0 Å². The van der Waals surface area contributed by atoms with Gasteiger partial charge >= 0.3 is 5.97 Å². The highest BCUT2D eigenvalue weighted by atomic mass is 16.5. The molecule has 2 aliphatic rings. The van der Waals surface area contributed by atoms with Crippen LogP contribution in [0.15, 0.2) is 12.2 Å². The van der Waals surface area contributed by atoms with Crippen molar-refractivity contribution in [2.75, 3.05) is 19.8 Å². The molecule has 0 bridgehead atoms. The van der Waals surface area contributed by atoms with Gasteiger partial charge in [-0.05, 0) is 57.8 Å². The Kier molecular flexibility index (Phi) is 9.75. The molecule has 34 heavy (non-hydrogen) atoms. The monoisotopic (exact) mass is 478 g/mol. The summed E-state index contributed by atoms with van der Waals surface area (Å²) in [5.74, 6) is -2.32. The molecule has 1 aliphatic heterocycles. The van der Waals surface area contributed by atoms with Crippen molar-refractivity contribution in [2.45, 2.75) is 92.2 Å². The van der Waals surface area contributed by atoms with E-state index in [2.05, 4.69) is 33.0 Å². The van der Waals surface area contributed by atoms with E-state index in [0.29, 0.717) is 19.4 Å². The number of aliphatic hydroxyl groups is 1. The summed E-state index contributed by atoms with van der Waals surface area (Å²) in [6.45, 7) is 14.9. The second-order valence-corrected chi connectivity index (χ2v) is 11.7. The van der Waals surface area contributed by atoms with Crippen LogP contribution in [0, 0.1) is 29.1 Å². The number of hydrogen-bond donors (Lipinski definition) is 2. The van der Waals surface area contributed by atoms with Gasteiger partial charge in [0.15, 0.2) is 0 Å². The molecule has 7 nitrogen and oxygen atoms in total. The zero-order valence-electron chi connectivity index (χ0n) is 22.2. The van der Waals surface area contributed by atoms with Gasteiger partial charge in [-0.3, -0.25) is 14.4 Å². The summed E-state index contributed by atoms with van der Waals surface area (Å²) in [6, 6.07) is -0.675. The molecule has 0 unspecified atom stereocenters. The quantitative estimate of drug-likeness (QED) is 0.268. The number of hydrogen-bond acceptors (Lipinski definition) is 5. The molecular formula is C27H46N2O5. The van der Waals surface area contributed by atoms with Crippen LogP contribution in [0.3, 0.4) is 0 Å². The van der Waals surface area contributed by atoms with Crippen molar-refractivity contribution in [3.8, 4) is 0 Å². The number of nitrogens with one attached hydrogen (secondary N) is 1. The second-order valence-electron chi connectivity index (χ2n) is 11.7. The first-order valence-electron chi connectivity index (χ1n) is 12.9. The minimum Gasteiger partial charge on any atom is -0.466 e. The molecule has 0 radical (unpaired) electrons. The first kappa shape index (κ1) is 28.3. The molecule has 2 N–H and O–H groups in total. The average molecular weight is 479 g/mol. The van der Waals surface area contributed by atoms with Crippen LogP contribution in [0.4, 0.5) is 0 Å². The highest BCUT2D eigenvalue weighted by molar-refractivity contribution is 5.96. The van der Waals surface area contributed by atoms with Gasteiger partial charge in [0.05, 0.1) is 18.4 Å². The maximum Gasteiger partial charge on any atom is 0.310 e. The largest absolute Gasteiger partial charge is 0.466 e. The smallest absolute Gasteiger partial charge is 0.310 e. The summed E-state index contributed by atoms with van der Waals surface area (Å²) in [6.07, 6.45) is 7.63. The number of amides is 2. The van der Waals surface area contributed by atoms with Crippen molar-refractivity contribution in [3.63, 3.8) is 0 Å². The lowest BCUT2D eigenvalue weighted by atomic mass is 9.68. The van der Waals surface area contributed by atoms with E-state index >= 15 is 0 Å². The predicted molar refractivity (Wildman–Crippen MR) is 133 cm³/mol. The van der Waals surface area contributed by atoms with Crippen molar-refractivity contribution in [1.82, 2.24) is 10.2 Å². The van der Waals surface area contributed by atoms with Gasteiger partial charge in [-0.25, -0.2) is 0 Å². The summed E-state index contributed by atoms with van der Waals surface area (Å²) in [4.78, 5) is 42.1. The van der Waals surface area contributed by atoms with E-state index in [1.807, 2.05) is 26.0 Å². The molecule has 0 aromatic heterocycles. The molecule has 0 aromatic rings. The highest BCUT2D eigenvalue weighted by Crippen LogP contribution is 2.46. The van der Waals surface area contributed by atoms with Crippen molar-refractivity contribution in [1.29, 1.82) is 0 Å². The van der Waals surface area contributed by atoms with Gasteiger partial charge in [0.2, 0.25) is 11.8 Å². The zero-order valence-corrected chi connectivity index (χ0v) is 22.2. The van der Waals surface area contributed by atoms with Crippen LogP contribution in [-0.2, 0) is 19.1 Å². The molecule has 1 heterocycles. The first-order chi connectivity index (χ1) is 15.9. The predicted octanol–water partition coefficient (Wildman–Crippen LogP) is 3.70. The molecule has 2 rings (SSSR count). The Morgan fingerprint density at radius 2 is 1.79 bits per heavy atom. The van der Waals surface area contributed by atoms with Crippen LogP contribution in [0.1, 0.15) is 80.6 Å². The summed E-state index contributed by atoms with van der Waals surface area (Å²) in [5, 5.41) is 12.5. The van der Waals surface area contributed by atoms with Crippen LogP contribution in [0.25, 0.3) is 0 Å². The maximum atomic E-state index is 13.8. The molecule has 0 spiro atoms. The lowest BCUT2D eigenvalue weighted by Gasteiger charge is -2.37. The van der Waals surface area contributed by atoms with E-state index in [1.165, 1.54) is 0 Å². The third-order valence-electron chi connectivity index (χ3n) is 6.80. The Bertz CT molecular complexity index is 755. The summed E-state index contributed by atoms with van der Waals surface area (Å²) in [7, 11) is 0. The molecule has 2 amide bonds. The number of carbonyl (C=O) groups excluding carboxylic acids is 3. The summed E-state index contributed by atoms with van der Waals surface area (Å²) >= 11 is 0. The van der Waals surface area contributed by atoms with Gasteiger partial charge in [0.1, 0.15) is 6.04 Å². The molecule has 5 atom stereocenters. The van der Waals surface area contributed by atoms with E-state index in [4.69, 9.17) is 4.74 Å². The average Bonchev–Trinajstić information content (AvgIpc) is 2.98. The lowest BCUT2D eigenvalue weighted by Crippen LogP contribution is -2.54. The fourth-order valence-corrected chi connectivity index (χ4v) is 6.08. The molecule has 7 heteroatoms. The fourth-order valence-electron chi connectivity index (χ4n) is 6.08. The van der Waals surface area contributed by atoms with Gasteiger partial charge < -0.3 is 20.1 Å². The number of fused-ring (bicyclic) bond motifs is 1. The highest BCUT2D eigenvalue weighted by Gasteiger charge is 2.57. The van der Waals surface area contributed by atoms with Gasteiger partial charge in [-0.1, -0.05) is 46.3 Å². The van der Waals surface area contributed by atoms with Crippen molar-refractivity contribution in [2.24, 2.45) is 29.1 Å². The first-order valence-corrected chi connectivity index (χ1v) is 12.9. The lowest BCUT2D eigenvalue weighted by molar-refractivity contribution is -0.155. The summed E-state index contributed by atoms with van der Waals surface area (Å²) in [5.41, 5.74) is -0.421. The number of unbranched alkanes of at least 4 members (excludes halogenated alkanes) is 1. The number of rotatable bonds is 11. The summed E-state index contributed by atoms with van der Waals surface area (Å²) < 4.78 is 5.40. The Morgan fingerprint density at radius 3 is 2.35 bits per heavy atom. The van der Waals surface area contributed by atoms with E-state index in [1.54, 1.807) is 11.8 Å². The Balaban J connectivity index is 2.42. The van der Waals surface area contributed by atoms with Crippen LogP contribution in [-0.4, -0.2) is 59.1 Å². The molecule has 1 fully saturated rings. The van der Waals surface area contributed by atoms with E-state index < -0.39 is 23.4 Å². The normalized spacial score (nSPS) is 27.0. The molecule has 0 saturated carbocycles. The standard InChI is InChI=1S/C27H46N2O5/c1-8-12-18-13-14-19-21(20(18)25(33)34-9-2)24(32)29(15-10-11-16-30)22(19)23(31)28-27(6,7)17-26(3,4)5/h13-14,18-22,30H,8-12,15-17H2,1-7H3,(H,28,31)/t18-,19+,20-,21+,22+/m1/s1. The molecule has 0 aromatic carbocycles. The number of aliphatic hydroxyl groups excluding tert-OH is 1. The number of allylic oxidation sites excluding steroid dienone is 1. The second kappa shape index (κ2) is 11.7. The zero-order chi connectivity index (χ0) is 25.7. The topological polar surface area (TPSA) is 95.9 Å². The number of nitrogens with zero attached hydrogens (tertiary/aromatic N) is 1. The van der Waals surface area contributed by atoms with Gasteiger partial charge in [-0.2, -0.15) is 0 Å². The van der Waals surface area contributed by atoms with E-state index in [0.717, 1.165) is 19.3 Å². The van der Waals surface area contributed by atoms with E-state index in [9.17, 15) is 19.5 Å². The SMILES string of the molecule is CCC[C@@H]1C=C[C@H]2[C@H](C(=O)N(CCCCO)[C@@H]2C(=O)NC(C)(C)CC(C)(C)C)[C@@H]1C(=O)OCC. The van der Waals surface area contributed by atoms with Crippen LogP contribution < -0.4 is 5.32 Å². The number of carbonyl (C=O) groups is 3. The number of esters is 1. The minimum absolute atomic E-state index is 0.0265. The van der Waals surface area contributed by atoms with Crippen LogP contribution >= 0.6 is 0 Å². The van der Waals surface area contributed by atoms with Crippen LogP contribution in [0.5, 0.6) is 0 Å².